The second-order valence-corrected chi connectivity index (χ2v) is 9.34. The van der Waals surface area contributed by atoms with Crippen molar-refractivity contribution in [1.29, 1.82) is 0 Å². The largest absolute Gasteiger partial charge is 0.474 e. The Morgan fingerprint density at radius 1 is 1.03 bits per heavy atom. The van der Waals surface area contributed by atoms with Crippen molar-refractivity contribution in [2.75, 3.05) is 32.8 Å². The lowest BCUT2D eigenvalue weighted by molar-refractivity contribution is 0.0237. The number of ether oxygens (including phenoxy) is 2. The molecule has 1 N–H and O–H groups in total. The van der Waals surface area contributed by atoms with E-state index in [9.17, 15) is 0 Å². The molecule has 0 aromatic carbocycles. The summed E-state index contributed by atoms with van der Waals surface area (Å²) in [7, 11) is 0. The van der Waals surface area contributed by atoms with E-state index in [0.29, 0.717) is 11.9 Å². The van der Waals surface area contributed by atoms with Gasteiger partial charge in [0.1, 0.15) is 11.6 Å². The van der Waals surface area contributed by atoms with Gasteiger partial charge < -0.3 is 19.4 Å². The number of nitrogens with one attached hydrogen (secondary N) is 1. The average Bonchev–Trinajstić information content (AvgIpc) is 3.57. The Morgan fingerprint density at radius 2 is 1.89 bits per heavy atom. The lowest BCUT2D eigenvalue weighted by Gasteiger charge is -2.31. The minimum absolute atomic E-state index is 0.167. The number of aromatic amines is 1. The van der Waals surface area contributed by atoms with Crippen LogP contribution in [-0.4, -0.2) is 73.6 Å². The van der Waals surface area contributed by atoms with Gasteiger partial charge in [-0.25, -0.2) is 15.0 Å². The van der Waals surface area contributed by atoms with Crippen LogP contribution >= 0.6 is 0 Å². The monoisotopic (exact) mass is 473 g/mol. The van der Waals surface area contributed by atoms with Crippen LogP contribution in [0.5, 0.6) is 5.88 Å². The summed E-state index contributed by atoms with van der Waals surface area (Å²) in [5.74, 6) is 0.634. The summed E-state index contributed by atoms with van der Waals surface area (Å²) in [6.07, 6.45) is 13.9. The zero-order valence-corrected chi connectivity index (χ0v) is 20.1. The topological polar surface area (TPSA) is 94.0 Å². The summed E-state index contributed by atoms with van der Waals surface area (Å²) in [6, 6.07) is 4.35. The predicted molar refractivity (Wildman–Crippen MR) is 133 cm³/mol. The molecule has 0 radical (unpaired) electrons. The van der Waals surface area contributed by atoms with Gasteiger partial charge in [-0.3, -0.25) is 4.68 Å². The molecule has 35 heavy (non-hydrogen) atoms. The van der Waals surface area contributed by atoms with Crippen LogP contribution in [0.4, 0.5) is 0 Å². The molecule has 2 aliphatic rings. The first-order valence-electron chi connectivity index (χ1n) is 12.6. The number of piperidine rings is 1. The maximum Gasteiger partial charge on any atom is 0.213 e. The van der Waals surface area contributed by atoms with Gasteiger partial charge in [-0.2, -0.15) is 5.10 Å². The van der Waals surface area contributed by atoms with Gasteiger partial charge in [-0.1, -0.05) is 6.92 Å². The number of rotatable bonds is 6. The predicted octanol–water partition coefficient (Wildman–Crippen LogP) is 4.10. The van der Waals surface area contributed by atoms with Crippen LogP contribution in [0.3, 0.4) is 0 Å². The molecule has 0 spiro atoms. The number of likely N-dealkylation sites (tertiary alicyclic amines) is 1. The minimum atomic E-state index is 0.167. The molecular formula is C26H31N7O2. The maximum absolute atomic E-state index is 6.00. The van der Waals surface area contributed by atoms with Crippen molar-refractivity contribution in [3.05, 3.63) is 43.1 Å². The first-order chi connectivity index (χ1) is 17.3. The van der Waals surface area contributed by atoms with Gasteiger partial charge in [0.05, 0.1) is 37.3 Å². The van der Waals surface area contributed by atoms with Gasteiger partial charge in [0.25, 0.3) is 0 Å². The van der Waals surface area contributed by atoms with Crippen molar-refractivity contribution in [2.45, 2.75) is 44.8 Å². The van der Waals surface area contributed by atoms with Crippen molar-refractivity contribution in [3.8, 4) is 28.3 Å². The van der Waals surface area contributed by atoms with E-state index in [0.717, 1.165) is 92.1 Å². The van der Waals surface area contributed by atoms with Gasteiger partial charge in [0.15, 0.2) is 5.65 Å². The third kappa shape index (κ3) is 4.66. The Kier molecular flexibility index (Phi) is 6.18. The smallest absolute Gasteiger partial charge is 0.213 e. The third-order valence-electron chi connectivity index (χ3n) is 7.16. The normalized spacial score (nSPS) is 18.3. The van der Waals surface area contributed by atoms with E-state index in [4.69, 9.17) is 19.6 Å². The molecule has 2 saturated heterocycles. The fourth-order valence-corrected chi connectivity index (χ4v) is 4.99. The van der Waals surface area contributed by atoms with Crippen molar-refractivity contribution in [1.82, 2.24) is 34.6 Å². The van der Waals surface area contributed by atoms with Gasteiger partial charge in [-0.05, 0) is 25.5 Å². The van der Waals surface area contributed by atoms with Crippen molar-refractivity contribution >= 4 is 11.2 Å². The molecule has 6 rings (SSSR count). The van der Waals surface area contributed by atoms with Crippen LogP contribution in [0.1, 0.15) is 38.6 Å². The number of aromatic nitrogens is 6. The van der Waals surface area contributed by atoms with Crippen LogP contribution in [0.2, 0.25) is 0 Å². The minimum Gasteiger partial charge on any atom is -0.474 e. The van der Waals surface area contributed by atoms with Gasteiger partial charge in [0.2, 0.25) is 5.88 Å². The molecule has 2 fully saturated rings. The van der Waals surface area contributed by atoms with Crippen LogP contribution in [0.15, 0.2) is 43.1 Å². The highest BCUT2D eigenvalue weighted by Gasteiger charge is 2.21. The van der Waals surface area contributed by atoms with E-state index >= 15 is 0 Å². The molecule has 0 saturated carbocycles. The van der Waals surface area contributed by atoms with Crippen LogP contribution in [-0.2, 0) is 4.74 Å². The Labute approximate surface area is 204 Å². The van der Waals surface area contributed by atoms with Crippen LogP contribution < -0.4 is 4.74 Å². The number of hydrogen-bond donors (Lipinski definition) is 1. The van der Waals surface area contributed by atoms with Crippen LogP contribution in [0.25, 0.3) is 33.5 Å². The fourth-order valence-electron chi connectivity index (χ4n) is 4.99. The van der Waals surface area contributed by atoms with Gasteiger partial charge >= 0.3 is 0 Å². The van der Waals surface area contributed by atoms with Crippen molar-refractivity contribution in [3.63, 3.8) is 0 Å². The summed E-state index contributed by atoms with van der Waals surface area (Å²) in [5.41, 5.74) is 5.36. The molecule has 2 aliphatic heterocycles. The van der Waals surface area contributed by atoms with E-state index in [2.05, 4.69) is 37.7 Å². The van der Waals surface area contributed by atoms with Gasteiger partial charge in [-0.15, -0.1) is 0 Å². The SMILES string of the molecule is CCN1CCC(n2cc(-c3c[nH]c4ncc(-c5ccc(OC6CCOCC6)nc5)nc34)cn2)CC1. The maximum atomic E-state index is 6.00. The molecule has 0 amide bonds. The summed E-state index contributed by atoms with van der Waals surface area (Å²) < 4.78 is 13.5. The molecular weight excluding hydrogens is 442 g/mol. The molecule has 0 aliphatic carbocycles. The molecule has 0 atom stereocenters. The third-order valence-corrected chi connectivity index (χ3v) is 7.16. The van der Waals surface area contributed by atoms with E-state index in [1.54, 1.807) is 12.4 Å². The van der Waals surface area contributed by atoms with E-state index in [1.807, 2.05) is 24.5 Å². The zero-order chi connectivity index (χ0) is 23.6. The number of fused-ring (bicyclic) bond motifs is 1. The molecule has 4 aromatic rings. The van der Waals surface area contributed by atoms with E-state index in [-0.39, 0.29) is 6.10 Å². The molecule has 182 valence electrons. The number of nitrogens with zero attached hydrogens (tertiary/aromatic N) is 6. The molecule has 4 aromatic heterocycles. The molecule has 9 nitrogen and oxygen atoms in total. The average molecular weight is 474 g/mol. The summed E-state index contributed by atoms with van der Waals surface area (Å²) >= 11 is 0. The summed E-state index contributed by atoms with van der Waals surface area (Å²) in [5, 5.41) is 4.70. The first-order valence-corrected chi connectivity index (χ1v) is 12.6. The Bertz CT molecular complexity index is 1270. The quantitative estimate of drug-likeness (QED) is 0.451. The van der Waals surface area contributed by atoms with Crippen LogP contribution in [0, 0.1) is 0 Å². The highest BCUT2D eigenvalue weighted by molar-refractivity contribution is 5.91. The zero-order valence-electron chi connectivity index (χ0n) is 20.1. The Hall–Kier alpha value is -3.30. The van der Waals surface area contributed by atoms with Crippen molar-refractivity contribution < 1.29 is 9.47 Å². The van der Waals surface area contributed by atoms with Gasteiger partial charge in [0, 0.05) is 67.3 Å². The first kappa shape index (κ1) is 22.2. The summed E-state index contributed by atoms with van der Waals surface area (Å²) in [4.78, 5) is 19.8. The molecule has 9 heteroatoms. The van der Waals surface area contributed by atoms with E-state index < -0.39 is 0 Å². The lowest BCUT2D eigenvalue weighted by Crippen LogP contribution is -2.34. The highest BCUT2D eigenvalue weighted by atomic mass is 16.5. The second-order valence-electron chi connectivity index (χ2n) is 9.34. The standard InChI is InChI=1S/C26H31N7O2/c1-2-32-9-5-20(6-10-32)33-17-19(14-30-33)22-15-28-26-25(22)31-23(16-29-26)18-3-4-24(27-13-18)35-21-7-11-34-12-8-21/h3-4,13-17,20-21H,2,5-12H2,1H3,(H,28,29). The molecule has 0 bridgehead atoms. The number of pyridine rings is 1. The summed E-state index contributed by atoms with van der Waals surface area (Å²) in [6.45, 7) is 7.10. The Morgan fingerprint density at radius 3 is 2.66 bits per heavy atom. The number of H-pyrrole nitrogens is 1. The second kappa shape index (κ2) is 9.75. The lowest BCUT2D eigenvalue weighted by atomic mass is 10.1. The highest BCUT2D eigenvalue weighted by Crippen LogP contribution is 2.30. The fraction of sp³-hybridized carbons (Fsp3) is 0.462. The Balaban J connectivity index is 1.21. The number of hydrogen-bond acceptors (Lipinski definition) is 7. The molecule has 0 unspecified atom stereocenters. The van der Waals surface area contributed by atoms with E-state index in [1.165, 1.54) is 0 Å². The van der Waals surface area contributed by atoms with Crippen molar-refractivity contribution in [2.24, 2.45) is 0 Å². The molecule has 6 heterocycles.